The molecular weight excluding hydrogens is 842 g/mol. The molecule has 5 nitrogen and oxygen atoms in total. The molecule has 3 aromatic heterocycles. The molecule has 2 aliphatic rings. The van der Waals surface area contributed by atoms with Gasteiger partial charge in [0, 0.05) is 55.7 Å². The first-order valence-corrected chi connectivity index (χ1v) is 24.5. The van der Waals surface area contributed by atoms with Crippen molar-refractivity contribution in [1.29, 1.82) is 0 Å². The minimum absolute atomic E-state index is 0.0251. The van der Waals surface area contributed by atoms with Crippen LogP contribution in [0.3, 0.4) is 0 Å². The van der Waals surface area contributed by atoms with Crippen molar-refractivity contribution in [2.45, 2.75) is 85.5 Å². The van der Waals surface area contributed by atoms with Crippen molar-refractivity contribution in [1.82, 2.24) is 4.57 Å². The molecule has 5 heterocycles. The minimum Gasteiger partial charge on any atom is -0.454 e. The third kappa shape index (κ3) is 6.16. The van der Waals surface area contributed by atoms with Crippen LogP contribution in [0.4, 0.5) is 34.1 Å². The van der Waals surface area contributed by atoms with Crippen LogP contribution in [-0.2, 0) is 16.2 Å². The molecule has 0 saturated carbocycles. The van der Waals surface area contributed by atoms with Crippen molar-refractivity contribution in [3.8, 4) is 5.69 Å². The first kappa shape index (κ1) is 41.7. The molecule has 69 heavy (non-hydrogen) atoms. The summed E-state index contributed by atoms with van der Waals surface area (Å²) in [6.07, 6.45) is 0. The highest BCUT2D eigenvalue weighted by atomic mass is 16.3. The van der Waals surface area contributed by atoms with Crippen LogP contribution >= 0.6 is 0 Å². The Morgan fingerprint density at radius 1 is 0.449 bits per heavy atom. The highest BCUT2D eigenvalue weighted by Crippen LogP contribution is 2.49. The van der Waals surface area contributed by atoms with Crippen molar-refractivity contribution >= 4 is 112 Å². The van der Waals surface area contributed by atoms with Gasteiger partial charge in [0.2, 0.25) is 5.71 Å². The molecule has 0 bridgehead atoms. The van der Waals surface area contributed by atoms with Crippen molar-refractivity contribution < 1.29 is 8.83 Å². The lowest BCUT2D eigenvalue weighted by Crippen LogP contribution is -2.60. The number of nitrogens with zero attached hydrogens (tertiary/aromatic N) is 3. The smallest absolute Gasteiger partial charge is 0.252 e. The lowest BCUT2D eigenvalue weighted by molar-refractivity contribution is 0.590. The van der Waals surface area contributed by atoms with Gasteiger partial charge in [-0.25, -0.2) is 0 Å². The Morgan fingerprint density at radius 2 is 1.03 bits per heavy atom. The summed E-state index contributed by atoms with van der Waals surface area (Å²) in [5, 5.41) is 5.76. The molecule has 8 aromatic carbocycles. The summed E-state index contributed by atoms with van der Waals surface area (Å²) in [6.45, 7) is 22.9. The molecule has 0 spiro atoms. The Balaban J connectivity index is 1.14. The van der Waals surface area contributed by atoms with Gasteiger partial charge < -0.3 is 18.6 Å². The van der Waals surface area contributed by atoms with Gasteiger partial charge in [-0.2, -0.15) is 0 Å². The number of anilines is 6. The molecule has 0 atom stereocenters. The van der Waals surface area contributed by atoms with Crippen molar-refractivity contribution in [3.05, 3.63) is 180 Å². The van der Waals surface area contributed by atoms with Crippen LogP contribution in [-0.4, -0.2) is 11.3 Å². The topological polar surface area (TPSA) is 37.7 Å². The number of hydrogen-bond acceptors (Lipinski definition) is 4. The monoisotopic (exact) mass is 897 g/mol. The van der Waals surface area contributed by atoms with Crippen LogP contribution in [0.2, 0.25) is 0 Å². The van der Waals surface area contributed by atoms with Crippen molar-refractivity contribution in [2.24, 2.45) is 0 Å². The zero-order chi connectivity index (χ0) is 47.5. The Kier molecular flexibility index (Phi) is 8.65. The lowest BCUT2D eigenvalue weighted by Gasteiger charge is -2.41. The summed E-state index contributed by atoms with van der Waals surface area (Å²) in [7, 11) is 0. The molecule has 0 N–H and O–H groups in total. The van der Waals surface area contributed by atoms with Gasteiger partial charge >= 0.3 is 0 Å². The number of aromatic nitrogens is 1. The average molecular weight is 898 g/mol. The second-order valence-electron chi connectivity index (χ2n) is 22.7. The van der Waals surface area contributed by atoms with Gasteiger partial charge in [0.1, 0.15) is 11.2 Å². The van der Waals surface area contributed by atoms with Crippen LogP contribution in [0.1, 0.15) is 84.6 Å². The Hall–Kier alpha value is -7.44. The normalized spacial score (nSPS) is 13.6. The van der Waals surface area contributed by atoms with E-state index in [1.165, 1.54) is 54.9 Å². The maximum Gasteiger partial charge on any atom is 0.252 e. The van der Waals surface area contributed by atoms with E-state index in [9.17, 15) is 0 Å². The van der Waals surface area contributed by atoms with Crippen molar-refractivity contribution in [2.75, 3.05) is 9.80 Å². The number of aryl methyl sites for hydroxylation is 1. The quantitative estimate of drug-likeness (QED) is 0.165. The van der Waals surface area contributed by atoms with E-state index in [0.29, 0.717) is 0 Å². The molecule has 338 valence electrons. The summed E-state index contributed by atoms with van der Waals surface area (Å²) < 4.78 is 16.4. The summed E-state index contributed by atoms with van der Waals surface area (Å²) in [5.41, 5.74) is 21.3. The predicted molar refractivity (Wildman–Crippen MR) is 293 cm³/mol. The molecule has 0 unspecified atom stereocenters. The zero-order valence-electron chi connectivity index (χ0n) is 41.2. The molecule has 0 saturated heterocycles. The van der Waals surface area contributed by atoms with Crippen LogP contribution in [0.15, 0.2) is 167 Å². The minimum atomic E-state index is -0.106. The van der Waals surface area contributed by atoms with E-state index in [4.69, 9.17) is 8.83 Å². The molecule has 13 rings (SSSR count). The maximum atomic E-state index is 6.98. The largest absolute Gasteiger partial charge is 0.454 e. The van der Waals surface area contributed by atoms with Crippen molar-refractivity contribution in [3.63, 3.8) is 0 Å². The van der Waals surface area contributed by atoms with E-state index < -0.39 is 0 Å². The fraction of sp³-hybridized carbons (Fsp3) is 0.206. The molecular formula is C63H56BN3O2. The molecule has 0 amide bonds. The maximum absolute atomic E-state index is 6.98. The Morgan fingerprint density at radius 3 is 1.68 bits per heavy atom. The van der Waals surface area contributed by atoms with Crippen LogP contribution in [0.25, 0.3) is 60.6 Å². The lowest BCUT2D eigenvalue weighted by atomic mass is 9.33. The third-order valence-corrected chi connectivity index (χ3v) is 15.1. The highest BCUT2D eigenvalue weighted by Gasteiger charge is 2.44. The highest BCUT2D eigenvalue weighted by molar-refractivity contribution is 7.00. The van der Waals surface area contributed by atoms with E-state index in [0.717, 1.165) is 78.4 Å². The Bertz CT molecular complexity index is 3860. The van der Waals surface area contributed by atoms with Crippen LogP contribution < -0.4 is 26.2 Å². The molecule has 11 aromatic rings. The summed E-state index contributed by atoms with van der Waals surface area (Å²) >= 11 is 0. The fourth-order valence-electron chi connectivity index (χ4n) is 11.5. The van der Waals surface area contributed by atoms with E-state index in [-0.39, 0.29) is 23.0 Å². The van der Waals surface area contributed by atoms with Gasteiger partial charge in [-0.1, -0.05) is 147 Å². The van der Waals surface area contributed by atoms with Gasteiger partial charge in [-0.15, -0.1) is 0 Å². The van der Waals surface area contributed by atoms with E-state index in [2.05, 4.69) is 241 Å². The van der Waals surface area contributed by atoms with Gasteiger partial charge in [0.15, 0.2) is 5.58 Å². The first-order chi connectivity index (χ1) is 33.0. The first-order valence-electron chi connectivity index (χ1n) is 24.5. The number of benzene rings is 8. The van der Waals surface area contributed by atoms with Gasteiger partial charge in [-0.05, 0) is 135 Å². The van der Waals surface area contributed by atoms with Gasteiger partial charge in [0.25, 0.3) is 6.71 Å². The summed E-state index contributed by atoms with van der Waals surface area (Å²) in [4.78, 5) is 4.94. The van der Waals surface area contributed by atoms with Crippen LogP contribution in [0, 0.1) is 6.92 Å². The molecule has 2 aliphatic heterocycles. The predicted octanol–water partition coefficient (Wildman–Crippen LogP) is 15.7. The standard InChI is InChI=1S/C63H56BN3O2/c1-37-32-52-57-53(33-37)67-58-47(56-46-17-12-14-21-55(46)69-60(56)67)34-40(63(8,9)10)35-49(58)64(57)48-31-30-43(36-51(48)66(52)50-19-15-18-45-44-16-11-13-20-54(44)68-59(45)50)65(41-26-22-38(23-27-41)61(2,3)4)42-28-24-39(25-29-42)62(5,6)7/h11-36H,1-10H3. The second-order valence-corrected chi connectivity index (χ2v) is 22.7. The number of furan rings is 2. The van der Waals surface area contributed by atoms with E-state index >= 15 is 0 Å². The van der Waals surface area contributed by atoms with E-state index in [1.807, 2.05) is 0 Å². The number of para-hydroxylation sites is 3. The summed E-state index contributed by atoms with van der Waals surface area (Å²) in [5.74, 6) is 0. The number of fused-ring (bicyclic) bond motifs is 12. The average Bonchev–Trinajstić information content (AvgIpc) is 3.99. The molecule has 0 fully saturated rings. The van der Waals surface area contributed by atoms with Gasteiger partial charge in [-0.3, -0.25) is 4.57 Å². The zero-order valence-corrected chi connectivity index (χ0v) is 41.2. The van der Waals surface area contributed by atoms with E-state index in [1.54, 1.807) is 0 Å². The molecule has 6 heteroatoms. The van der Waals surface area contributed by atoms with Gasteiger partial charge in [0.05, 0.1) is 16.6 Å². The molecule has 0 radical (unpaired) electrons. The summed E-state index contributed by atoms with van der Waals surface area (Å²) in [6, 6.07) is 58.8. The molecule has 0 aliphatic carbocycles. The third-order valence-electron chi connectivity index (χ3n) is 15.1. The second kappa shape index (κ2) is 14.3. The fourth-order valence-corrected chi connectivity index (χ4v) is 11.5. The van der Waals surface area contributed by atoms with Crippen LogP contribution in [0.5, 0.6) is 0 Å². The Labute approximate surface area is 404 Å². The SMILES string of the molecule is Cc1cc2c3c(c1)-n1c4oc5ccccc5c4c4cc(C(C)(C)C)cc(c41)B3c1ccc(N(c3ccc(C(C)(C)C)cc3)c3ccc(C(C)(C)C)cc3)cc1N2c1cccc2c1oc1ccccc12. The number of hydrogen-bond donors (Lipinski definition) is 0. The number of rotatable bonds is 4.